The zero-order valence-corrected chi connectivity index (χ0v) is 43.6. The lowest BCUT2D eigenvalue weighted by Crippen LogP contribution is -2.46. The van der Waals surface area contributed by atoms with E-state index in [1.807, 2.05) is 90.5 Å². The number of nitrogens with zero attached hydrogens (tertiary/aromatic N) is 5. The molecule has 0 saturated carbocycles. The first-order chi connectivity index (χ1) is 34.9. The van der Waals surface area contributed by atoms with Crippen LogP contribution in [0.25, 0.3) is 22.4 Å². The summed E-state index contributed by atoms with van der Waals surface area (Å²) in [7, 11) is -8.18. The number of piperidine rings is 1. The first-order valence-electron chi connectivity index (χ1n) is 24.1. The first-order valence-corrected chi connectivity index (χ1v) is 28.6. The van der Waals surface area contributed by atoms with Crippen LogP contribution in [0, 0.1) is 6.92 Å². The third kappa shape index (κ3) is 11.2. The number of aromatic carboxylic acids is 1. The van der Waals surface area contributed by atoms with Crippen molar-refractivity contribution in [2.24, 2.45) is 7.05 Å². The molecule has 9 rings (SSSR count). The molecule has 0 bridgehead atoms. The number of piperazine rings is 1. The Bertz CT molecular complexity index is 3100. The van der Waals surface area contributed by atoms with Crippen molar-refractivity contribution in [3.05, 3.63) is 138 Å². The van der Waals surface area contributed by atoms with Gasteiger partial charge in [-0.2, -0.15) is 13.2 Å². The fraction of sp³-hybridized carbons (Fsp3) is 0.340. The molecule has 4 heterocycles. The number of anilines is 4. The third-order valence-corrected chi connectivity index (χ3v) is 19.5. The van der Waals surface area contributed by atoms with Gasteiger partial charge in [0.1, 0.15) is 4.90 Å². The van der Waals surface area contributed by atoms with Crippen LogP contribution in [0.1, 0.15) is 35.3 Å². The Morgan fingerprint density at radius 3 is 2.15 bits per heavy atom. The summed E-state index contributed by atoms with van der Waals surface area (Å²) < 4.78 is 94.5. The van der Waals surface area contributed by atoms with Gasteiger partial charge in [-0.1, -0.05) is 54.1 Å². The second kappa shape index (κ2) is 21.8. The standard InChI is InChI=1S/C53H57ClF3N6O7PS2/c1-36-49(52(65)66)50(51(59(36)2)37-11-13-39(54)14-12-37)38-7-6-8-43(33-38)62-29-27-61(28-30-62)41-15-17-42(18-16-41)63-31-32-70-71(63,67)45-19-20-47(48(34-45)73(68,69)53(55,56)57)58-40(35-72-46-9-4-3-5-10-46)21-24-60-25-22-44(64)23-26-60/h3-20,33-34,40,44,58,64H,21-32,35H2,1-2H3,(H,65,66)/t40?,71-/m1/s1. The van der Waals surface area contributed by atoms with Crippen molar-refractivity contribution in [3.63, 3.8) is 0 Å². The zero-order chi connectivity index (χ0) is 51.7. The Balaban J connectivity index is 0.917. The molecular weight excluding hydrogens is 1020 g/mol. The lowest BCUT2D eigenvalue weighted by atomic mass is 9.96. The number of benzene rings is 5. The van der Waals surface area contributed by atoms with Crippen LogP contribution in [0.2, 0.25) is 5.02 Å². The zero-order valence-electron chi connectivity index (χ0n) is 40.3. The molecule has 2 atom stereocenters. The Morgan fingerprint density at radius 1 is 0.836 bits per heavy atom. The number of sulfone groups is 1. The largest absolute Gasteiger partial charge is 0.501 e. The van der Waals surface area contributed by atoms with Gasteiger partial charge < -0.3 is 39.3 Å². The fourth-order valence-electron chi connectivity index (χ4n) is 9.92. The van der Waals surface area contributed by atoms with Crippen molar-refractivity contribution >= 4 is 74.7 Å². The molecule has 6 aromatic rings. The summed E-state index contributed by atoms with van der Waals surface area (Å²) in [6.07, 6.45) is 1.35. The van der Waals surface area contributed by atoms with Crippen LogP contribution >= 0.6 is 30.9 Å². The molecular formula is C53H57ClF3N6O7PS2. The molecule has 0 spiro atoms. The van der Waals surface area contributed by atoms with Gasteiger partial charge in [0.15, 0.2) is 0 Å². The van der Waals surface area contributed by atoms with Gasteiger partial charge in [0.25, 0.3) is 9.84 Å². The van der Waals surface area contributed by atoms with Crippen LogP contribution < -0.4 is 25.1 Å². The molecule has 3 aliphatic heterocycles. The molecule has 3 fully saturated rings. The normalized spacial score (nSPS) is 18.6. The van der Waals surface area contributed by atoms with Crippen molar-refractivity contribution in [3.8, 4) is 22.4 Å². The lowest BCUT2D eigenvalue weighted by molar-refractivity contribution is -0.0435. The summed E-state index contributed by atoms with van der Waals surface area (Å²) in [5, 5.41) is 24.0. The average molecular weight is 1080 g/mol. The van der Waals surface area contributed by atoms with Gasteiger partial charge in [0.2, 0.25) is 0 Å². The summed E-state index contributed by atoms with van der Waals surface area (Å²) in [5.41, 5.74) is 0.357. The summed E-state index contributed by atoms with van der Waals surface area (Å²) in [6.45, 7) is 6.52. The number of carbonyl (C=O) groups is 1. The van der Waals surface area contributed by atoms with Crippen LogP contribution in [0.15, 0.2) is 131 Å². The molecule has 13 nitrogen and oxygen atoms in total. The highest BCUT2D eigenvalue weighted by Gasteiger charge is 2.49. The highest BCUT2D eigenvalue weighted by molar-refractivity contribution is 7.99. The predicted molar refractivity (Wildman–Crippen MR) is 285 cm³/mol. The highest BCUT2D eigenvalue weighted by atomic mass is 35.5. The summed E-state index contributed by atoms with van der Waals surface area (Å²) in [4.78, 5) is 19.3. The predicted octanol–water partition coefficient (Wildman–Crippen LogP) is 10.4. The molecule has 3 aliphatic rings. The Morgan fingerprint density at radius 2 is 1.49 bits per heavy atom. The maximum absolute atomic E-state index is 14.9. The molecule has 386 valence electrons. The minimum Gasteiger partial charge on any atom is -0.478 e. The molecule has 3 N–H and O–H groups in total. The second-order valence-electron chi connectivity index (χ2n) is 18.5. The van der Waals surface area contributed by atoms with Gasteiger partial charge in [0, 0.05) is 103 Å². The minimum atomic E-state index is -5.93. The van der Waals surface area contributed by atoms with E-state index in [-0.39, 0.29) is 35.8 Å². The van der Waals surface area contributed by atoms with Crippen molar-refractivity contribution in [1.82, 2.24) is 9.47 Å². The van der Waals surface area contributed by atoms with E-state index < -0.39 is 39.8 Å². The fourth-order valence-corrected chi connectivity index (χ4v) is 14.3. The van der Waals surface area contributed by atoms with E-state index in [9.17, 15) is 41.2 Å². The molecule has 0 aliphatic carbocycles. The van der Waals surface area contributed by atoms with E-state index in [0.717, 1.165) is 39.2 Å². The van der Waals surface area contributed by atoms with Gasteiger partial charge in [0.05, 0.1) is 41.5 Å². The van der Waals surface area contributed by atoms with E-state index in [1.165, 1.54) is 28.6 Å². The summed E-state index contributed by atoms with van der Waals surface area (Å²) in [5.74, 6) is -0.594. The monoisotopic (exact) mass is 1080 g/mol. The van der Waals surface area contributed by atoms with E-state index >= 15 is 0 Å². The topological polar surface area (TPSA) is 148 Å². The molecule has 20 heteroatoms. The smallest absolute Gasteiger partial charge is 0.478 e. The minimum absolute atomic E-state index is 0.000203. The number of thioether (sulfide) groups is 1. The quantitative estimate of drug-likeness (QED) is 0.0625. The second-order valence-corrected chi connectivity index (χ2v) is 24.3. The van der Waals surface area contributed by atoms with Gasteiger partial charge >= 0.3 is 19.0 Å². The van der Waals surface area contributed by atoms with Gasteiger partial charge in [-0.25, -0.2) is 13.2 Å². The van der Waals surface area contributed by atoms with Crippen molar-refractivity contribution in [2.75, 3.05) is 84.5 Å². The van der Waals surface area contributed by atoms with Crippen LogP contribution in [-0.4, -0.2) is 116 Å². The number of carboxylic acids is 1. The number of halogens is 4. The summed E-state index contributed by atoms with van der Waals surface area (Å²) >= 11 is 7.71. The molecule has 73 heavy (non-hydrogen) atoms. The number of aliphatic hydroxyl groups is 1. The Labute approximate surface area is 432 Å². The van der Waals surface area contributed by atoms with Crippen molar-refractivity contribution in [1.29, 1.82) is 0 Å². The SMILES string of the molecule is Cc1c(C(=O)O)c(-c2cccc(N3CCN(c4ccc(N5CCO[P@]5(=O)c5ccc(NC(CCN6CCC(O)CC6)CSc6ccccc6)c(S(=O)(=O)C(F)(F)F)c5)cc4)CC3)c2)c(-c2ccc(Cl)cc2)n1C. The number of likely N-dealkylation sites (tertiary alicyclic amines) is 1. The molecule has 1 aromatic heterocycles. The summed E-state index contributed by atoms with van der Waals surface area (Å²) in [6, 6.07) is 35.2. The number of aromatic nitrogens is 1. The average Bonchev–Trinajstić information content (AvgIpc) is 3.92. The number of nitrogens with one attached hydrogen (secondary N) is 1. The third-order valence-electron chi connectivity index (χ3n) is 14.0. The number of aliphatic hydroxyl groups excluding tert-OH is 1. The van der Waals surface area contributed by atoms with E-state index in [4.69, 9.17) is 16.1 Å². The maximum Gasteiger partial charge on any atom is 0.501 e. The van der Waals surface area contributed by atoms with E-state index in [1.54, 1.807) is 31.2 Å². The Kier molecular flexibility index (Phi) is 15.6. The number of carboxylic acid groups (broad SMARTS) is 1. The molecule has 0 radical (unpaired) electrons. The number of rotatable bonds is 16. The first kappa shape index (κ1) is 52.4. The number of hydrogen-bond acceptors (Lipinski definition) is 11. The molecule has 0 amide bonds. The van der Waals surface area contributed by atoms with E-state index in [2.05, 4.69) is 20.0 Å². The van der Waals surface area contributed by atoms with Crippen molar-refractivity contribution < 1.29 is 45.7 Å². The molecule has 5 aromatic carbocycles. The maximum atomic E-state index is 14.9. The number of hydrogen-bond donors (Lipinski definition) is 3. The van der Waals surface area contributed by atoms with Gasteiger partial charge in [-0.05, 0) is 116 Å². The van der Waals surface area contributed by atoms with Gasteiger partial charge in [-0.15, -0.1) is 11.8 Å². The highest BCUT2D eigenvalue weighted by Crippen LogP contribution is 2.56. The lowest BCUT2D eigenvalue weighted by Gasteiger charge is -2.37. The van der Waals surface area contributed by atoms with Crippen molar-refractivity contribution in [2.45, 2.75) is 53.6 Å². The van der Waals surface area contributed by atoms with E-state index in [0.29, 0.717) is 92.8 Å². The van der Waals surface area contributed by atoms with Crippen LogP contribution in [0.4, 0.5) is 35.9 Å². The number of alkyl halides is 3. The molecule has 3 saturated heterocycles. The van der Waals surface area contributed by atoms with Gasteiger partial charge in [-0.3, -0.25) is 9.24 Å². The van der Waals surface area contributed by atoms with Crippen LogP contribution in [0.3, 0.4) is 0 Å². The molecule has 1 unspecified atom stereocenters. The van der Waals surface area contributed by atoms with Crippen LogP contribution in [-0.2, 0) is 26.0 Å². The van der Waals surface area contributed by atoms with Crippen LogP contribution in [0.5, 0.6) is 0 Å². The Hall–Kier alpha value is -5.46.